The summed E-state index contributed by atoms with van der Waals surface area (Å²) < 4.78 is 0. The molecule has 64 heavy (non-hydrogen) atoms. The lowest BCUT2D eigenvalue weighted by molar-refractivity contribution is 1.30. The molecule has 0 saturated carbocycles. The molecule has 0 unspecified atom stereocenters. The Morgan fingerprint density at radius 1 is 0.172 bits per heavy atom. The molecule has 2 nitrogen and oxygen atoms in total. The van der Waals surface area contributed by atoms with E-state index in [0.29, 0.717) is 0 Å². The van der Waals surface area contributed by atoms with Crippen LogP contribution in [0.25, 0.3) is 66.1 Å². The molecule has 0 aliphatic heterocycles. The van der Waals surface area contributed by atoms with Gasteiger partial charge in [0, 0.05) is 33.5 Å². The van der Waals surface area contributed by atoms with E-state index in [-0.39, 0.29) is 0 Å². The van der Waals surface area contributed by atoms with Gasteiger partial charge in [-0.15, -0.1) is 0 Å². The summed E-state index contributed by atoms with van der Waals surface area (Å²) in [6, 6.07) is 96.1. The smallest absolute Gasteiger partial charge is 0.0540 e. The van der Waals surface area contributed by atoms with Crippen LogP contribution in [0.5, 0.6) is 0 Å². The van der Waals surface area contributed by atoms with Crippen LogP contribution < -0.4 is 9.80 Å². The van der Waals surface area contributed by atoms with Crippen molar-refractivity contribution in [3.8, 4) is 44.5 Å². The van der Waals surface area contributed by atoms with E-state index >= 15 is 0 Å². The second-order valence-corrected chi connectivity index (χ2v) is 16.1. The summed E-state index contributed by atoms with van der Waals surface area (Å²) in [6.45, 7) is 0. The van der Waals surface area contributed by atoms with Crippen LogP contribution in [0.2, 0.25) is 0 Å². The van der Waals surface area contributed by atoms with Gasteiger partial charge in [0.15, 0.2) is 0 Å². The zero-order valence-electron chi connectivity index (χ0n) is 35.3. The maximum atomic E-state index is 2.37. The lowest BCUT2D eigenvalue weighted by Crippen LogP contribution is -2.10. The minimum Gasteiger partial charge on any atom is -0.310 e. The first-order valence-corrected chi connectivity index (χ1v) is 21.9. The predicted octanol–water partition coefficient (Wildman–Crippen LogP) is 17.6. The Kier molecular flexibility index (Phi) is 10.3. The molecule has 0 aliphatic carbocycles. The van der Waals surface area contributed by atoms with Crippen molar-refractivity contribution in [1.82, 2.24) is 0 Å². The number of hydrogen-bond acceptors (Lipinski definition) is 2. The Morgan fingerprint density at radius 2 is 0.438 bits per heavy atom. The number of nitrogens with zero attached hydrogens (tertiary/aromatic N) is 2. The standard InChI is InChI=1S/C62H44N2/c1-5-17-49(18-6-1)55-41-43-61(59-27-15-13-25-57(55)59)63(51-21-9-3-10-22-51)53-37-33-47(34-38-53)45-29-31-46(32-30-45)48-35-39-54(40-36-48)64(52-23-11-4-12-24-52)62-44-42-56(50-19-7-2-8-20-50)58-26-14-16-28-60(58)62/h1-44H. The van der Waals surface area contributed by atoms with Gasteiger partial charge in [-0.3, -0.25) is 0 Å². The van der Waals surface area contributed by atoms with Gasteiger partial charge in [-0.25, -0.2) is 0 Å². The molecule has 0 amide bonds. The Labute approximate surface area is 375 Å². The van der Waals surface area contributed by atoms with Crippen LogP contribution in [0, 0.1) is 0 Å². The second-order valence-electron chi connectivity index (χ2n) is 16.1. The van der Waals surface area contributed by atoms with Gasteiger partial charge in [0.25, 0.3) is 0 Å². The van der Waals surface area contributed by atoms with E-state index in [9.17, 15) is 0 Å². The van der Waals surface area contributed by atoms with E-state index in [1.54, 1.807) is 0 Å². The highest BCUT2D eigenvalue weighted by Gasteiger charge is 2.19. The van der Waals surface area contributed by atoms with Crippen LogP contribution in [0.1, 0.15) is 0 Å². The number of anilines is 6. The molecule has 11 aromatic rings. The summed E-state index contributed by atoms with van der Waals surface area (Å²) in [5.74, 6) is 0. The molecule has 11 aromatic carbocycles. The maximum absolute atomic E-state index is 2.37. The van der Waals surface area contributed by atoms with E-state index in [4.69, 9.17) is 0 Å². The van der Waals surface area contributed by atoms with Crippen molar-refractivity contribution in [2.24, 2.45) is 0 Å². The lowest BCUT2D eigenvalue weighted by Gasteiger charge is -2.27. The molecule has 0 saturated heterocycles. The predicted molar refractivity (Wildman–Crippen MR) is 273 cm³/mol. The minimum atomic E-state index is 1.11. The third kappa shape index (κ3) is 7.38. The van der Waals surface area contributed by atoms with E-state index < -0.39 is 0 Å². The van der Waals surface area contributed by atoms with Crippen molar-refractivity contribution in [1.29, 1.82) is 0 Å². The highest BCUT2D eigenvalue weighted by atomic mass is 15.1. The van der Waals surface area contributed by atoms with E-state index in [2.05, 4.69) is 277 Å². The van der Waals surface area contributed by atoms with Gasteiger partial charge in [-0.2, -0.15) is 0 Å². The molecule has 0 radical (unpaired) electrons. The van der Waals surface area contributed by atoms with Gasteiger partial charge in [0.1, 0.15) is 0 Å². The van der Waals surface area contributed by atoms with E-state index in [0.717, 1.165) is 34.1 Å². The first-order chi connectivity index (χ1) is 31.8. The van der Waals surface area contributed by atoms with Crippen molar-refractivity contribution in [3.05, 3.63) is 267 Å². The quantitative estimate of drug-likeness (QED) is 0.136. The van der Waals surface area contributed by atoms with Crippen LogP contribution in [0.15, 0.2) is 267 Å². The molecule has 2 heteroatoms. The highest BCUT2D eigenvalue weighted by molar-refractivity contribution is 6.07. The van der Waals surface area contributed by atoms with Crippen molar-refractivity contribution in [2.75, 3.05) is 9.80 Å². The van der Waals surface area contributed by atoms with Crippen molar-refractivity contribution < 1.29 is 0 Å². The number of hydrogen-bond donors (Lipinski definition) is 0. The molecule has 0 bridgehead atoms. The van der Waals surface area contributed by atoms with Crippen molar-refractivity contribution in [2.45, 2.75) is 0 Å². The van der Waals surface area contributed by atoms with Gasteiger partial charge < -0.3 is 9.80 Å². The Balaban J connectivity index is 0.889. The molecule has 302 valence electrons. The van der Waals surface area contributed by atoms with E-state index in [1.165, 1.54) is 66.1 Å². The summed E-state index contributed by atoms with van der Waals surface area (Å²) in [7, 11) is 0. The Morgan fingerprint density at radius 3 is 0.781 bits per heavy atom. The van der Waals surface area contributed by atoms with Crippen LogP contribution in [-0.2, 0) is 0 Å². The fraction of sp³-hybridized carbons (Fsp3) is 0. The molecule has 0 heterocycles. The fourth-order valence-electron chi connectivity index (χ4n) is 9.16. The van der Waals surface area contributed by atoms with Crippen LogP contribution in [0.4, 0.5) is 34.1 Å². The number of benzene rings is 11. The SMILES string of the molecule is c1ccc(-c2ccc(N(c3ccccc3)c3ccc(-c4ccc(-c5ccc(N(c6ccccc6)c6ccc(-c7ccccc7)c7ccccc67)cc5)cc4)cc3)c3ccccc23)cc1. The Hall–Kier alpha value is -8.46. The molecule has 0 N–H and O–H groups in total. The van der Waals surface area contributed by atoms with Gasteiger partial charge in [-0.05, 0) is 116 Å². The molecule has 0 atom stereocenters. The molecule has 0 aromatic heterocycles. The number of para-hydroxylation sites is 2. The summed E-state index contributed by atoms with van der Waals surface area (Å²) >= 11 is 0. The van der Waals surface area contributed by atoms with Gasteiger partial charge in [-0.1, -0.05) is 206 Å². The van der Waals surface area contributed by atoms with Crippen molar-refractivity contribution in [3.63, 3.8) is 0 Å². The Bertz CT molecular complexity index is 3100. The second kappa shape index (κ2) is 17.1. The minimum absolute atomic E-state index is 1.11. The molecule has 0 spiro atoms. The monoisotopic (exact) mass is 816 g/mol. The zero-order valence-corrected chi connectivity index (χ0v) is 35.3. The largest absolute Gasteiger partial charge is 0.310 e. The molecule has 11 rings (SSSR count). The summed E-state index contributed by atoms with van der Waals surface area (Å²) in [4.78, 5) is 4.74. The first kappa shape index (κ1) is 38.5. The van der Waals surface area contributed by atoms with Crippen LogP contribution in [-0.4, -0.2) is 0 Å². The molecule has 0 aliphatic rings. The normalized spacial score (nSPS) is 11.1. The van der Waals surface area contributed by atoms with Crippen LogP contribution >= 0.6 is 0 Å². The topological polar surface area (TPSA) is 6.48 Å². The average molecular weight is 817 g/mol. The van der Waals surface area contributed by atoms with Crippen molar-refractivity contribution >= 4 is 55.7 Å². The fourth-order valence-corrected chi connectivity index (χ4v) is 9.16. The summed E-state index contributed by atoms with van der Waals surface area (Å²) in [6.07, 6.45) is 0. The number of rotatable bonds is 10. The van der Waals surface area contributed by atoms with Gasteiger partial charge in [0.2, 0.25) is 0 Å². The third-order valence-electron chi connectivity index (χ3n) is 12.3. The zero-order chi connectivity index (χ0) is 42.7. The lowest BCUT2D eigenvalue weighted by atomic mass is 9.96. The van der Waals surface area contributed by atoms with E-state index in [1.807, 2.05) is 0 Å². The highest BCUT2D eigenvalue weighted by Crippen LogP contribution is 2.44. The number of fused-ring (bicyclic) bond motifs is 2. The third-order valence-corrected chi connectivity index (χ3v) is 12.3. The molecular weight excluding hydrogens is 773 g/mol. The van der Waals surface area contributed by atoms with Gasteiger partial charge in [0.05, 0.1) is 11.4 Å². The molecular formula is C62H44N2. The molecule has 0 fully saturated rings. The summed E-state index contributed by atoms with van der Waals surface area (Å²) in [5, 5.41) is 4.88. The average Bonchev–Trinajstić information content (AvgIpc) is 3.38. The summed E-state index contributed by atoms with van der Waals surface area (Å²) in [5.41, 5.74) is 16.3. The van der Waals surface area contributed by atoms with Crippen LogP contribution in [0.3, 0.4) is 0 Å². The first-order valence-electron chi connectivity index (χ1n) is 21.9. The maximum Gasteiger partial charge on any atom is 0.0540 e. The van der Waals surface area contributed by atoms with Gasteiger partial charge >= 0.3 is 0 Å².